The Bertz CT molecular complexity index is 907. The number of carbonyl (C=O) groups excluding carboxylic acids is 3. The zero-order chi connectivity index (χ0) is 20.3. The van der Waals surface area contributed by atoms with Gasteiger partial charge >= 0.3 is 5.97 Å². The molecule has 0 radical (unpaired) electrons. The van der Waals surface area contributed by atoms with Crippen LogP contribution >= 0.6 is 11.3 Å². The summed E-state index contributed by atoms with van der Waals surface area (Å²) >= 11 is 1.17. The number of rotatable bonds is 4. The molecule has 9 heteroatoms. The summed E-state index contributed by atoms with van der Waals surface area (Å²) in [5, 5.41) is 4.41. The van der Waals surface area contributed by atoms with Crippen LogP contribution in [0.2, 0.25) is 0 Å². The van der Waals surface area contributed by atoms with E-state index in [4.69, 9.17) is 0 Å². The third-order valence-electron chi connectivity index (χ3n) is 4.61. The fourth-order valence-electron chi connectivity index (χ4n) is 3.07. The molecule has 1 saturated heterocycles. The van der Waals surface area contributed by atoms with Gasteiger partial charge in [0.15, 0.2) is 0 Å². The Morgan fingerprint density at radius 3 is 2.54 bits per heavy atom. The first-order valence-electron chi connectivity index (χ1n) is 8.61. The minimum atomic E-state index is -0.905. The van der Waals surface area contributed by atoms with Crippen LogP contribution in [-0.2, 0) is 9.53 Å². The first-order valence-corrected chi connectivity index (χ1v) is 9.49. The van der Waals surface area contributed by atoms with Crippen molar-refractivity contribution in [3.63, 3.8) is 0 Å². The van der Waals surface area contributed by atoms with Crippen LogP contribution in [0.4, 0.5) is 14.5 Å². The number of nitrogens with one attached hydrogen (secondary N) is 1. The number of likely N-dealkylation sites (tertiary alicyclic amines) is 1. The molecule has 0 spiro atoms. The molecule has 2 amide bonds. The second kappa shape index (κ2) is 8.47. The SMILES string of the molecule is COC(=O)c1sccc1NC(=O)C1CCN(C(=O)c2ccc(F)cc2F)CC1. The second-order valence-corrected chi connectivity index (χ2v) is 7.25. The molecule has 1 aromatic carbocycles. The molecule has 0 aliphatic carbocycles. The molecule has 0 bridgehead atoms. The summed E-state index contributed by atoms with van der Waals surface area (Å²) in [5.74, 6) is -3.29. The van der Waals surface area contributed by atoms with Crippen molar-refractivity contribution in [2.24, 2.45) is 5.92 Å². The molecule has 148 valence electrons. The van der Waals surface area contributed by atoms with Crippen LogP contribution in [0, 0.1) is 17.6 Å². The van der Waals surface area contributed by atoms with Crippen molar-refractivity contribution in [1.82, 2.24) is 4.90 Å². The number of thiophene rings is 1. The van der Waals surface area contributed by atoms with Crippen molar-refractivity contribution in [2.45, 2.75) is 12.8 Å². The van der Waals surface area contributed by atoms with Gasteiger partial charge in [0.2, 0.25) is 5.91 Å². The normalized spacial score (nSPS) is 14.6. The first kappa shape index (κ1) is 19.9. The maximum absolute atomic E-state index is 13.8. The lowest BCUT2D eigenvalue weighted by Crippen LogP contribution is -2.41. The number of ether oxygens (including phenoxy) is 1. The van der Waals surface area contributed by atoms with E-state index in [2.05, 4.69) is 10.1 Å². The van der Waals surface area contributed by atoms with E-state index >= 15 is 0 Å². The topological polar surface area (TPSA) is 75.7 Å². The van der Waals surface area contributed by atoms with Gasteiger partial charge in [-0.1, -0.05) is 0 Å². The summed E-state index contributed by atoms with van der Waals surface area (Å²) < 4.78 is 31.5. The van der Waals surface area contributed by atoms with Crippen LogP contribution in [-0.4, -0.2) is 42.9 Å². The van der Waals surface area contributed by atoms with Gasteiger partial charge in [0.05, 0.1) is 18.4 Å². The number of nitrogens with zero attached hydrogens (tertiary/aromatic N) is 1. The van der Waals surface area contributed by atoms with E-state index in [0.717, 1.165) is 12.1 Å². The minimum Gasteiger partial charge on any atom is -0.465 e. The van der Waals surface area contributed by atoms with Gasteiger partial charge in [0.25, 0.3) is 5.91 Å². The standard InChI is InChI=1S/C19H18F2N2O4S/c1-27-19(26)16-15(6-9-28-16)22-17(24)11-4-7-23(8-5-11)18(25)13-3-2-12(20)10-14(13)21/h2-3,6,9-11H,4-5,7-8H2,1H3,(H,22,24). The number of anilines is 1. The molecule has 28 heavy (non-hydrogen) atoms. The Labute approximate surface area is 164 Å². The molecule has 1 aromatic heterocycles. The zero-order valence-corrected chi connectivity index (χ0v) is 15.9. The highest BCUT2D eigenvalue weighted by molar-refractivity contribution is 7.12. The summed E-state index contributed by atoms with van der Waals surface area (Å²) in [4.78, 5) is 38.4. The summed E-state index contributed by atoms with van der Waals surface area (Å²) in [6.07, 6.45) is 0.802. The van der Waals surface area contributed by atoms with E-state index in [9.17, 15) is 23.2 Å². The number of halogens is 2. The molecule has 1 N–H and O–H groups in total. The predicted octanol–water partition coefficient (Wildman–Crippen LogP) is 3.30. The zero-order valence-electron chi connectivity index (χ0n) is 15.0. The van der Waals surface area contributed by atoms with Crippen molar-refractivity contribution in [1.29, 1.82) is 0 Å². The molecule has 1 aliphatic heterocycles. The molecule has 1 fully saturated rings. The van der Waals surface area contributed by atoms with Crippen molar-refractivity contribution in [2.75, 3.05) is 25.5 Å². The first-order chi connectivity index (χ1) is 13.4. The van der Waals surface area contributed by atoms with Gasteiger partial charge in [-0.15, -0.1) is 11.3 Å². The van der Waals surface area contributed by atoms with Gasteiger partial charge in [-0.05, 0) is 36.4 Å². The van der Waals surface area contributed by atoms with Crippen molar-refractivity contribution in [3.05, 3.63) is 51.7 Å². The maximum Gasteiger partial charge on any atom is 0.350 e. The average Bonchev–Trinajstić information content (AvgIpc) is 3.15. The van der Waals surface area contributed by atoms with Crippen LogP contribution < -0.4 is 5.32 Å². The molecular weight excluding hydrogens is 390 g/mol. The van der Waals surface area contributed by atoms with E-state index in [1.807, 2.05) is 0 Å². The Hall–Kier alpha value is -2.81. The van der Waals surface area contributed by atoms with Crippen molar-refractivity contribution >= 4 is 34.8 Å². The number of methoxy groups -OCH3 is 1. The van der Waals surface area contributed by atoms with Crippen molar-refractivity contribution in [3.8, 4) is 0 Å². The third kappa shape index (κ3) is 4.19. The molecule has 3 rings (SSSR count). The van der Waals surface area contributed by atoms with E-state index in [0.29, 0.717) is 29.5 Å². The minimum absolute atomic E-state index is 0.190. The quantitative estimate of drug-likeness (QED) is 0.788. The van der Waals surface area contributed by atoms with Crippen LogP contribution in [0.25, 0.3) is 0 Å². The predicted molar refractivity (Wildman–Crippen MR) is 99.3 cm³/mol. The lowest BCUT2D eigenvalue weighted by molar-refractivity contribution is -0.121. The van der Waals surface area contributed by atoms with Gasteiger partial charge in [0.1, 0.15) is 16.5 Å². The highest BCUT2D eigenvalue weighted by Gasteiger charge is 2.29. The monoisotopic (exact) mass is 408 g/mol. The number of benzene rings is 1. The molecule has 6 nitrogen and oxygen atoms in total. The number of piperidine rings is 1. The smallest absolute Gasteiger partial charge is 0.350 e. The van der Waals surface area contributed by atoms with Crippen LogP contribution in [0.1, 0.15) is 32.9 Å². The summed E-state index contributed by atoms with van der Waals surface area (Å²) in [6.45, 7) is 0.558. The van der Waals surface area contributed by atoms with Gasteiger partial charge in [-0.2, -0.15) is 0 Å². The van der Waals surface area contributed by atoms with Crippen LogP contribution in [0.15, 0.2) is 29.6 Å². The number of hydrogen-bond donors (Lipinski definition) is 1. The largest absolute Gasteiger partial charge is 0.465 e. The summed E-state index contributed by atoms with van der Waals surface area (Å²) in [7, 11) is 1.27. The number of hydrogen-bond acceptors (Lipinski definition) is 5. The van der Waals surface area contributed by atoms with Crippen LogP contribution in [0.3, 0.4) is 0 Å². The Morgan fingerprint density at radius 2 is 1.89 bits per heavy atom. The number of esters is 1. The van der Waals surface area contributed by atoms with E-state index in [1.165, 1.54) is 23.3 Å². The average molecular weight is 408 g/mol. The molecule has 2 aromatic rings. The lowest BCUT2D eigenvalue weighted by atomic mass is 9.95. The molecule has 0 unspecified atom stereocenters. The molecule has 0 saturated carbocycles. The van der Waals surface area contributed by atoms with E-state index in [1.54, 1.807) is 11.4 Å². The van der Waals surface area contributed by atoms with E-state index in [-0.39, 0.29) is 30.5 Å². The molecule has 0 atom stereocenters. The highest BCUT2D eigenvalue weighted by atomic mass is 32.1. The second-order valence-electron chi connectivity index (χ2n) is 6.33. The Balaban J connectivity index is 1.59. The fraction of sp³-hybridized carbons (Fsp3) is 0.316. The highest BCUT2D eigenvalue weighted by Crippen LogP contribution is 2.26. The molecule has 2 heterocycles. The number of carbonyl (C=O) groups is 3. The Morgan fingerprint density at radius 1 is 1.18 bits per heavy atom. The van der Waals surface area contributed by atoms with Crippen LogP contribution in [0.5, 0.6) is 0 Å². The lowest BCUT2D eigenvalue weighted by Gasteiger charge is -2.31. The maximum atomic E-state index is 13.8. The molecule has 1 aliphatic rings. The van der Waals surface area contributed by atoms with Gasteiger partial charge in [-0.3, -0.25) is 9.59 Å². The summed E-state index contributed by atoms with van der Waals surface area (Å²) in [6, 6.07) is 4.46. The number of amides is 2. The van der Waals surface area contributed by atoms with Gasteiger partial charge < -0.3 is 15.0 Å². The van der Waals surface area contributed by atoms with Gasteiger partial charge in [-0.25, -0.2) is 13.6 Å². The van der Waals surface area contributed by atoms with Crippen molar-refractivity contribution < 1.29 is 27.9 Å². The van der Waals surface area contributed by atoms with E-state index < -0.39 is 23.5 Å². The Kier molecular flexibility index (Phi) is 6.03. The molecular formula is C19H18F2N2O4S. The fourth-order valence-corrected chi connectivity index (χ4v) is 3.84. The summed E-state index contributed by atoms with van der Waals surface area (Å²) in [5.41, 5.74) is 0.207. The van der Waals surface area contributed by atoms with Gasteiger partial charge in [0, 0.05) is 25.1 Å². The third-order valence-corrected chi connectivity index (χ3v) is 5.50.